The lowest BCUT2D eigenvalue weighted by atomic mass is 10.2. The van der Waals surface area contributed by atoms with Crippen LogP contribution in [0.1, 0.15) is 5.56 Å². The number of thioether (sulfide) groups is 1. The first-order valence-electron chi connectivity index (χ1n) is 6.48. The number of aromatic nitrogens is 4. The quantitative estimate of drug-likeness (QED) is 0.674. The minimum atomic E-state index is -1.15. The molecule has 0 unspecified atom stereocenters. The Morgan fingerprint density at radius 1 is 1.27 bits per heavy atom. The molecule has 0 spiro atoms. The number of rotatable bonds is 5. The Bertz CT molecular complexity index is 819. The van der Waals surface area contributed by atoms with Crippen molar-refractivity contribution in [2.45, 2.75) is 11.7 Å². The fourth-order valence-corrected chi connectivity index (χ4v) is 2.79. The maximum Gasteiger partial charge on any atom is 0.171 e. The first-order valence-corrected chi connectivity index (χ1v) is 7.47. The summed E-state index contributed by atoms with van der Waals surface area (Å²) in [6.45, 7) is 0.517. The van der Waals surface area contributed by atoms with Crippen LogP contribution >= 0.6 is 11.8 Å². The molecule has 2 aromatic heterocycles. The van der Waals surface area contributed by atoms with Crippen molar-refractivity contribution in [2.24, 2.45) is 0 Å². The number of nitrogen functional groups attached to an aromatic ring is 1. The van der Waals surface area contributed by atoms with Gasteiger partial charge in [0.15, 0.2) is 22.1 Å². The average molecular weight is 314 g/mol. The SMILES string of the molecule is Nc1ncnc2c1nc(SCC(=O)[O-])n2Cc1ccccc1. The monoisotopic (exact) mass is 314 g/mol. The van der Waals surface area contributed by atoms with Crippen molar-refractivity contribution in [3.8, 4) is 0 Å². The summed E-state index contributed by atoms with van der Waals surface area (Å²) >= 11 is 1.08. The Morgan fingerprint density at radius 2 is 2.05 bits per heavy atom. The molecule has 1 aromatic carbocycles. The highest BCUT2D eigenvalue weighted by molar-refractivity contribution is 7.99. The van der Waals surface area contributed by atoms with Gasteiger partial charge in [0.2, 0.25) is 0 Å². The number of carboxylic acid groups (broad SMARTS) is 1. The Morgan fingerprint density at radius 3 is 2.77 bits per heavy atom. The van der Waals surface area contributed by atoms with Crippen LogP contribution in [0.5, 0.6) is 0 Å². The summed E-state index contributed by atoms with van der Waals surface area (Å²) in [7, 11) is 0. The molecule has 7 nitrogen and oxygen atoms in total. The number of anilines is 1. The first kappa shape index (κ1) is 14.3. The lowest BCUT2D eigenvalue weighted by Gasteiger charge is -2.08. The molecule has 112 valence electrons. The minimum Gasteiger partial charge on any atom is -0.549 e. The van der Waals surface area contributed by atoms with Crippen LogP contribution in [-0.2, 0) is 11.3 Å². The van der Waals surface area contributed by atoms with E-state index in [-0.39, 0.29) is 11.6 Å². The van der Waals surface area contributed by atoms with E-state index in [2.05, 4.69) is 15.0 Å². The van der Waals surface area contributed by atoms with Gasteiger partial charge in [-0.25, -0.2) is 15.0 Å². The molecule has 0 radical (unpaired) electrons. The second kappa shape index (κ2) is 6.02. The van der Waals surface area contributed by atoms with Gasteiger partial charge >= 0.3 is 0 Å². The molecule has 3 aromatic rings. The number of fused-ring (bicyclic) bond motifs is 1. The third kappa shape index (κ3) is 2.86. The standard InChI is InChI=1S/C14H13N5O2S/c15-12-11-13(17-8-16-12)19(6-9-4-2-1-3-5-9)14(18-11)22-7-10(20)21/h1-5,8H,6-7H2,(H,20,21)(H2,15,16,17)/p-1. The zero-order valence-electron chi connectivity index (χ0n) is 11.5. The molecule has 0 saturated heterocycles. The van der Waals surface area contributed by atoms with E-state index in [1.807, 2.05) is 34.9 Å². The fourth-order valence-electron chi connectivity index (χ4n) is 2.08. The number of benzene rings is 1. The van der Waals surface area contributed by atoms with Crippen LogP contribution in [0, 0.1) is 0 Å². The van der Waals surface area contributed by atoms with E-state index in [0.29, 0.717) is 22.9 Å². The summed E-state index contributed by atoms with van der Waals surface area (Å²) in [6, 6.07) is 9.76. The van der Waals surface area contributed by atoms with Gasteiger partial charge in [-0.05, 0) is 5.56 Å². The highest BCUT2D eigenvalue weighted by Crippen LogP contribution is 2.25. The van der Waals surface area contributed by atoms with Crippen molar-refractivity contribution in [1.29, 1.82) is 0 Å². The van der Waals surface area contributed by atoms with E-state index < -0.39 is 5.97 Å². The molecule has 0 saturated carbocycles. The molecular formula is C14H12N5O2S-. The lowest BCUT2D eigenvalue weighted by Crippen LogP contribution is -2.24. The lowest BCUT2D eigenvalue weighted by molar-refractivity contribution is -0.301. The van der Waals surface area contributed by atoms with Crippen LogP contribution in [0.3, 0.4) is 0 Å². The number of aliphatic carboxylic acids is 1. The Labute approximate surface area is 130 Å². The van der Waals surface area contributed by atoms with E-state index >= 15 is 0 Å². The maximum absolute atomic E-state index is 10.7. The van der Waals surface area contributed by atoms with Gasteiger partial charge in [-0.2, -0.15) is 0 Å². The predicted molar refractivity (Wildman–Crippen MR) is 81.0 cm³/mol. The predicted octanol–water partition coefficient (Wildman–Crippen LogP) is 0.299. The molecule has 0 fully saturated rings. The van der Waals surface area contributed by atoms with E-state index in [1.165, 1.54) is 6.33 Å². The van der Waals surface area contributed by atoms with Gasteiger partial charge in [0.05, 0.1) is 12.5 Å². The first-order chi connectivity index (χ1) is 10.6. The minimum absolute atomic E-state index is 0.189. The van der Waals surface area contributed by atoms with Crippen molar-refractivity contribution >= 4 is 34.7 Å². The normalized spacial score (nSPS) is 10.9. The number of nitrogens with two attached hydrogens (primary N) is 1. The average Bonchev–Trinajstić information content (AvgIpc) is 2.86. The molecule has 2 N–H and O–H groups in total. The largest absolute Gasteiger partial charge is 0.549 e. The van der Waals surface area contributed by atoms with Crippen LogP contribution in [0.25, 0.3) is 11.2 Å². The second-order valence-corrected chi connectivity index (χ2v) is 5.50. The van der Waals surface area contributed by atoms with Gasteiger partial charge < -0.3 is 15.6 Å². The molecular weight excluding hydrogens is 302 g/mol. The number of imidazole rings is 1. The van der Waals surface area contributed by atoms with Gasteiger partial charge in [-0.3, -0.25) is 4.57 Å². The zero-order chi connectivity index (χ0) is 15.5. The van der Waals surface area contributed by atoms with Crippen molar-refractivity contribution in [1.82, 2.24) is 19.5 Å². The maximum atomic E-state index is 10.7. The van der Waals surface area contributed by atoms with Crippen LogP contribution in [0.2, 0.25) is 0 Å². The number of hydrogen-bond donors (Lipinski definition) is 1. The number of hydrogen-bond acceptors (Lipinski definition) is 7. The molecule has 0 amide bonds. The summed E-state index contributed by atoms with van der Waals surface area (Å²) < 4.78 is 1.83. The van der Waals surface area contributed by atoms with E-state index in [0.717, 1.165) is 17.3 Å². The molecule has 3 rings (SSSR count). The van der Waals surface area contributed by atoms with Gasteiger partial charge in [0, 0.05) is 5.75 Å². The van der Waals surface area contributed by atoms with Crippen molar-refractivity contribution in [3.63, 3.8) is 0 Å². The van der Waals surface area contributed by atoms with Crippen LogP contribution in [0.15, 0.2) is 41.8 Å². The fraction of sp³-hybridized carbons (Fsp3) is 0.143. The Balaban J connectivity index is 2.06. The zero-order valence-corrected chi connectivity index (χ0v) is 12.3. The topological polar surface area (TPSA) is 110 Å². The summed E-state index contributed by atoms with van der Waals surface area (Å²) in [6.07, 6.45) is 1.37. The second-order valence-electron chi connectivity index (χ2n) is 4.56. The molecule has 0 aliphatic heterocycles. The molecule has 0 atom stereocenters. The van der Waals surface area contributed by atoms with Gasteiger partial charge in [-0.15, -0.1) is 0 Å². The number of nitrogens with zero attached hydrogens (tertiary/aromatic N) is 4. The van der Waals surface area contributed by atoms with Crippen LogP contribution in [0.4, 0.5) is 5.82 Å². The molecule has 22 heavy (non-hydrogen) atoms. The molecule has 2 heterocycles. The highest BCUT2D eigenvalue weighted by atomic mass is 32.2. The highest BCUT2D eigenvalue weighted by Gasteiger charge is 2.15. The van der Waals surface area contributed by atoms with Crippen LogP contribution < -0.4 is 10.8 Å². The molecule has 0 aliphatic carbocycles. The van der Waals surface area contributed by atoms with Crippen molar-refractivity contribution in [3.05, 3.63) is 42.2 Å². The molecule has 0 bridgehead atoms. The van der Waals surface area contributed by atoms with E-state index in [1.54, 1.807) is 0 Å². The number of carbonyl (C=O) groups is 1. The summed E-state index contributed by atoms with van der Waals surface area (Å²) in [4.78, 5) is 23.2. The van der Waals surface area contributed by atoms with Gasteiger partial charge in [0.25, 0.3) is 0 Å². The third-order valence-corrected chi connectivity index (χ3v) is 3.98. The van der Waals surface area contributed by atoms with E-state index in [9.17, 15) is 9.90 Å². The van der Waals surface area contributed by atoms with E-state index in [4.69, 9.17) is 5.73 Å². The Hall–Kier alpha value is -2.61. The van der Waals surface area contributed by atoms with Crippen molar-refractivity contribution in [2.75, 3.05) is 11.5 Å². The smallest absolute Gasteiger partial charge is 0.171 e. The summed E-state index contributed by atoms with van der Waals surface area (Å²) in [5.74, 6) is -1.07. The Kier molecular flexibility index (Phi) is 3.92. The number of carbonyl (C=O) groups excluding carboxylic acids is 1. The number of carboxylic acids is 1. The molecule has 0 aliphatic rings. The van der Waals surface area contributed by atoms with Gasteiger partial charge in [-0.1, -0.05) is 42.1 Å². The summed E-state index contributed by atoms with van der Waals surface area (Å²) in [5, 5.41) is 11.2. The van der Waals surface area contributed by atoms with Crippen LogP contribution in [-0.4, -0.2) is 31.2 Å². The van der Waals surface area contributed by atoms with Gasteiger partial charge in [0.1, 0.15) is 6.33 Å². The third-order valence-electron chi connectivity index (χ3n) is 3.03. The van der Waals surface area contributed by atoms with Crippen molar-refractivity contribution < 1.29 is 9.90 Å². The summed E-state index contributed by atoms with van der Waals surface area (Å²) in [5.41, 5.74) is 7.93. The molecule has 8 heteroatoms.